The minimum Gasteiger partial charge on any atom is -0.481 e. The molecule has 3 heteroatoms. The largest absolute Gasteiger partial charge is 0.481 e. The molecule has 1 fully saturated rings. The van der Waals surface area contributed by atoms with Gasteiger partial charge in [-0.2, -0.15) is 0 Å². The molecule has 0 aliphatic heterocycles. The van der Waals surface area contributed by atoms with Gasteiger partial charge in [0.2, 0.25) is 0 Å². The maximum absolute atomic E-state index is 10.7. The molecule has 12 heavy (non-hydrogen) atoms. The zero-order valence-corrected chi connectivity index (χ0v) is 7.62. The lowest BCUT2D eigenvalue weighted by Gasteiger charge is -2.37. The highest BCUT2D eigenvalue weighted by molar-refractivity contribution is 5.71. The molecule has 0 bridgehead atoms. The van der Waals surface area contributed by atoms with Crippen molar-refractivity contribution >= 4 is 5.97 Å². The van der Waals surface area contributed by atoms with Crippen LogP contribution in [0.15, 0.2) is 0 Å². The molecule has 1 aliphatic rings. The maximum atomic E-state index is 10.7. The van der Waals surface area contributed by atoms with Crippen molar-refractivity contribution in [3.8, 4) is 0 Å². The number of hydrogen-bond donors (Lipinski definition) is 1. The number of aliphatic carboxylic acids is 1. The molecule has 1 aliphatic carbocycles. The second kappa shape index (κ2) is 3.90. The molecule has 0 aromatic rings. The lowest BCUT2D eigenvalue weighted by Crippen LogP contribution is -2.38. The lowest BCUT2D eigenvalue weighted by molar-refractivity contribution is -0.149. The number of carboxylic acids is 1. The van der Waals surface area contributed by atoms with Gasteiger partial charge in [-0.15, -0.1) is 0 Å². The van der Waals surface area contributed by atoms with E-state index in [0.29, 0.717) is 18.4 Å². The van der Waals surface area contributed by atoms with Crippen LogP contribution >= 0.6 is 0 Å². The van der Waals surface area contributed by atoms with Crippen molar-refractivity contribution in [1.29, 1.82) is 0 Å². The fourth-order valence-corrected chi connectivity index (χ4v) is 1.90. The molecular formula is C9H16O3. The summed E-state index contributed by atoms with van der Waals surface area (Å²) in [5, 5.41) is 8.78. The summed E-state index contributed by atoms with van der Waals surface area (Å²) in [7, 11) is 1.66. The van der Waals surface area contributed by atoms with Crippen molar-refractivity contribution in [2.24, 2.45) is 17.8 Å². The van der Waals surface area contributed by atoms with E-state index in [4.69, 9.17) is 9.84 Å². The van der Waals surface area contributed by atoms with Crippen LogP contribution in [0.5, 0.6) is 0 Å². The van der Waals surface area contributed by atoms with Crippen molar-refractivity contribution in [3.63, 3.8) is 0 Å². The summed E-state index contributed by atoms with van der Waals surface area (Å²) in [5.74, 6) is -0.0448. The second-order valence-corrected chi connectivity index (χ2v) is 3.62. The molecule has 0 radical (unpaired) electrons. The molecule has 1 saturated carbocycles. The molecule has 0 aromatic heterocycles. The molecule has 3 unspecified atom stereocenters. The second-order valence-electron chi connectivity index (χ2n) is 3.62. The first-order valence-corrected chi connectivity index (χ1v) is 4.38. The van der Waals surface area contributed by atoms with E-state index in [1.165, 1.54) is 0 Å². The summed E-state index contributed by atoms with van der Waals surface area (Å²) in [5.41, 5.74) is 0. The summed E-state index contributed by atoms with van der Waals surface area (Å²) < 4.78 is 5.00. The normalized spacial score (nSPS) is 30.8. The number of rotatable bonds is 4. The molecule has 0 amide bonds. The van der Waals surface area contributed by atoms with Gasteiger partial charge in [-0.05, 0) is 24.7 Å². The average molecular weight is 172 g/mol. The Hall–Kier alpha value is -0.570. The van der Waals surface area contributed by atoms with Gasteiger partial charge < -0.3 is 9.84 Å². The highest BCUT2D eigenvalue weighted by atomic mass is 16.5. The summed E-state index contributed by atoms with van der Waals surface area (Å²) >= 11 is 0. The van der Waals surface area contributed by atoms with Gasteiger partial charge in [0.15, 0.2) is 0 Å². The summed E-state index contributed by atoms with van der Waals surface area (Å²) in [6.07, 6.45) is 1.88. The van der Waals surface area contributed by atoms with E-state index < -0.39 is 5.97 Å². The Kier molecular flexibility index (Phi) is 3.09. The van der Waals surface area contributed by atoms with Gasteiger partial charge >= 0.3 is 5.97 Å². The fraction of sp³-hybridized carbons (Fsp3) is 0.889. The van der Waals surface area contributed by atoms with Crippen LogP contribution in [-0.2, 0) is 9.53 Å². The van der Waals surface area contributed by atoms with Gasteiger partial charge in [-0.3, -0.25) is 4.79 Å². The number of carbonyl (C=O) groups is 1. The number of hydrogen-bond acceptors (Lipinski definition) is 2. The zero-order valence-electron chi connectivity index (χ0n) is 7.62. The number of methoxy groups -OCH3 is 1. The first-order chi connectivity index (χ1) is 5.66. The Labute approximate surface area is 72.7 Å². The molecule has 1 rings (SSSR count). The SMILES string of the molecule is COCC(C)C1CCC1C(=O)O. The van der Waals surface area contributed by atoms with Crippen molar-refractivity contribution in [1.82, 2.24) is 0 Å². The van der Waals surface area contributed by atoms with Gasteiger partial charge in [-0.1, -0.05) is 6.92 Å². The molecule has 0 saturated heterocycles. The number of carboxylic acid groups (broad SMARTS) is 1. The minimum atomic E-state index is -0.644. The molecule has 3 atom stereocenters. The van der Waals surface area contributed by atoms with Crippen molar-refractivity contribution < 1.29 is 14.6 Å². The molecule has 3 nitrogen and oxygen atoms in total. The van der Waals surface area contributed by atoms with Crippen LogP contribution in [0, 0.1) is 17.8 Å². The Morgan fingerprint density at radius 3 is 2.67 bits per heavy atom. The van der Waals surface area contributed by atoms with E-state index in [2.05, 4.69) is 6.92 Å². The maximum Gasteiger partial charge on any atom is 0.306 e. The van der Waals surface area contributed by atoms with Crippen LogP contribution in [0.2, 0.25) is 0 Å². The fourth-order valence-electron chi connectivity index (χ4n) is 1.90. The molecule has 0 heterocycles. The van der Waals surface area contributed by atoms with Gasteiger partial charge in [0.1, 0.15) is 0 Å². The molecule has 70 valence electrons. The van der Waals surface area contributed by atoms with Crippen molar-refractivity contribution in [2.45, 2.75) is 19.8 Å². The van der Waals surface area contributed by atoms with E-state index in [0.717, 1.165) is 12.8 Å². The van der Waals surface area contributed by atoms with Crippen LogP contribution < -0.4 is 0 Å². The minimum absolute atomic E-state index is 0.116. The van der Waals surface area contributed by atoms with Gasteiger partial charge in [-0.25, -0.2) is 0 Å². The molecule has 0 aromatic carbocycles. The van der Waals surface area contributed by atoms with E-state index in [9.17, 15) is 4.79 Å². The van der Waals surface area contributed by atoms with E-state index >= 15 is 0 Å². The van der Waals surface area contributed by atoms with Crippen molar-refractivity contribution in [3.05, 3.63) is 0 Å². The Morgan fingerprint density at radius 1 is 1.67 bits per heavy atom. The average Bonchev–Trinajstić information content (AvgIpc) is 1.82. The summed E-state index contributed by atoms with van der Waals surface area (Å²) in [6.45, 7) is 2.73. The summed E-state index contributed by atoms with van der Waals surface area (Å²) in [6, 6.07) is 0. The van der Waals surface area contributed by atoms with Crippen LogP contribution in [0.4, 0.5) is 0 Å². The summed E-state index contributed by atoms with van der Waals surface area (Å²) in [4.78, 5) is 10.7. The Morgan fingerprint density at radius 2 is 2.33 bits per heavy atom. The first-order valence-electron chi connectivity index (χ1n) is 4.38. The lowest BCUT2D eigenvalue weighted by atomic mass is 9.68. The predicted molar refractivity (Wildman–Crippen MR) is 44.9 cm³/mol. The van der Waals surface area contributed by atoms with Crippen LogP contribution in [0.3, 0.4) is 0 Å². The third kappa shape index (κ3) is 1.78. The third-order valence-corrected chi connectivity index (χ3v) is 2.81. The van der Waals surface area contributed by atoms with Gasteiger partial charge in [0, 0.05) is 13.7 Å². The third-order valence-electron chi connectivity index (χ3n) is 2.81. The van der Waals surface area contributed by atoms with Gasteiger partial charge in [0.05, 0.1) is 5.92 Å². The Bertz CT molecular complexity index is 167. The van der Waals surface area contributed by atoms with Crippen LogP contribution in [0.25, 0.3) is 0 Å². The highest BCUT2D eigenvalue weighted by Gasteiger charge is 2.39. The van der Waals surface area contributed by atoms with E-state index in [1.807, 2.05) is 0 Å². The Balaban J connectivity index is 2.37. The van der Waals surface area contributed by atoms with E-state index in [1.54, 1.807) is 7.11 Å². The highest BCUT2D eigenvalue weighted by Crippen LogP contribution is 2.39. The standard InChI is InChI=1S/C9H16O3/c1-6(5-12-2)7-3-4-8(7)9(10)11/h6-8H,3-5H2,1-2H3,(H,10,11). The topological polar surface area (TPSA) is 46.5 Å². The molecular weight excluding hydrogens is 156 g/mol. The number of ether oxygens (including phenoxy) is 1. The molecule has 0 spiro atoms. The van der Waals surface area contributed by atoms with Crippen LogP contribution in [0.1, 0.15) is 19.8 Å². The zero-order chi connectivity index (χ0) is 9.14. The predicted octanol–water partition coefficient (Wildman–Crippen LogP) is 1.38. The first kappa shape index (κ1) is 9.52. The van der Waals surface area contributed by atoms with E-state index in [-0.39, 0.29) is 5.92 Å². The molecule has 1 N–H and O–H groups in total. The van der Waals surface area contributed by atoms with Crippen molar-refractivity contribution in [2.75, 3.05) is 13.7 Å². The monoisotopic (exact) mass is 172 g/mol. The van der Waals surface area contributed by atoms with Gasteiger partial charge in [0.25, 0.3) is 0 Å². The van der Waals surface area contributed by atoms with Crippen LogP contribution in [-0.4, -0.2) is 24.8 Å². The smallest absolute Gasteiger partial charge is 0.306 e. The quantitative estimate of drug-likeness (QED) is 0.696.